The molecule has 0 aliphatic carbocycles. The van der Waals surface area contributed by atoms with Gasteiger partial charge in [-0.15, -0.1) is 0 Å². The summed E-state index contributed by atoms with van der Waals surface area (Å²) in [5.74, 6) is -0.0243. The first kappa shape index (κ1) is 15.5. The third-order valence-electron chi connectivity index (χ3n) is 4.69. The zero-order chi connectivity index (χ0) is 17.2. The number of hydrogen-bond acceptors (Lipinski definition) is 1. The van der Waals surface area contributed by atoms with E-state index in [4.69, 9.17) is 0 Å². The van der Waals surface area contributed by atoms with Crippen molar-refractivity contribution in [1.29, 1.82) is 0 Å². The van der Waals surface area contributed by atoms with Crippen LogP contribution in [-0.2, 0) is 6.42 Å². The van der Waals surface area contributed by atoms with Crippen molar-refractivity contribution in [2.45, 2.75) is 13.3 Å². The average Bonchev–Trinajstić information content (AvgIpc) is 3.03. The number of hydrogen-bond donors (Lipinski definition) is 2. The maximum Gasteiger partial charge on any atom is 0.251 e. The molecule has 0 atom stereocenters. The van der Waals surface area contributed by atoms with Crippen LogP contribution in [0.15, 0.2) is 66.9 Å². The van der Waals surface area contributed by atoms with Crippen molar-refractivity contribution in [2.24, 2.45) is 0 Å². The normalized spacial score (nSPS) is 11.1. The molecule has 1 amide bonds. The van der Waals surface area contributed by atoms with Gasteiger partial charge in [0.25, 0.3) is 5.91 Å². The van der Waals surface area contributed by atoms with Gasteiger partial charge < -0.3 is 10.3 Å². The summed E-state index contributed by atoms with van der Waals surface area (Å²) >= 11 is 0. The van der Waals surface area contributed by atoms with Gasteiger partial charge >= 0.3 is 0 Å². The minimum atomic E-state index is -0.0243. The SMILES string of the molecule is Cc1c[nH]c2ccc3cccc(CCNC(=O)c4ccccc4)c3c12. The van der Waals surface area contributed by atoms with Crippen LogP contribution in [0.1, 0.15) is 21.5 Å². The molecule has 0 bridgehead atoms. The summed E-state index contributed by atoms with van der Waals surface area (Å²) in [6, 6.07) is 20.0. The predicted molar refractivity (Wildman–Crippen MR) is 103 cm³/mol. The molecule has 0 saturated carbocycles. The third-order valence-corrected chi connectivity index (χ3v) is 4.69. The quantitative estimate of drug-likeness (QED) is 0.565. The summed E-state index contributed by atoms with van der Waals surface area (Å²) in [4.78, 5) is 15.5. The average molecular weight is 328 g/mol. The summed E-state index contributed by atoms with van der Waals surface area (Å²) in [6.45, 7) is 2.75. The maximum absolute atomic E-state index is 12.2. The van der Waals surface area contributed by atoms with E-state index in [0.29, 0.717) is 12.1 Å². The molecule has 25 heavy (non-hydrogen) atoms. The lowest BCUT2D eigenvalue weighted by molar-refractivity contribution is 0.0954. The fourth-order valence-corrected chi connectivity index (χ4v) is 3.45. The zero-order valence-corrected chi connectivity index (χ0v) is 14.2. The Kier molecular flexibility index (Phi) is 3.98. The van der Waals surface area contributed by atoms with Gasteiger partial charge in [-0.25, -0.2) is 0 Å². The lowest BCUT2D eigenvalue weighted by atomic mass is 9.97. The minimum Gasteiger partial charge on any atom is -0.361 e. The van der Waals surface area contributed by atoms with Crippen LogP contribution in [0, 0.1) is 6.92 Å². The number of aromatic amines is 1. The van der Waals surface area contributed by atoms with Gasteiger partial charge in [0.05, 0.1) is 0 Å². The Morgan fingerprint density at radius 3 is 2.64 bits per heavy atom. The summed E-state index contributed by atoms with van der Waals surface area (Å²) < 4.78 is 0. The van der Waals surface area contributed by atoms with E-state index in [2.05, 4.69) is 53.8 Å². The number of aromatic nitrogens is 1. The predicted octanol–water partition coefficient (Wildman–Crippen LogP) is 4.60. The van der Waals surface area contributed by atoms with E-state index in [9.17, 15) is 4.79 Å². The number of carbonyl (C=O) groups excluding carboxylic acids is 1. The molecule has 0 fully saturated rings. The van der Waals surface area contributed by atoms with Gasteiger partial charge in [0.15, 0.2) is 0 Å². The Morgan fingerprint density at radius 2 is 1.80 bits per heavy atom. The molecule has 4 aromatic rings. The van der Waals surface area contributed by atoms with Gasteiger partial charge in [-0.3, -0.25) is 4.79 Å². The highest BCUT2D eigenvalue weighted by molar-refractivity contribution is 6.09. The Bertz CT molecular complexity index is 1050. The topological polar surface area (TPSA) is 44.9 Å². The molecule has 0 radical (unpaired) electrons. The number of carbonyl (C=O) groups is 1. The fourth-order valence-electron chi connectivity index (χ4n) is 3.45. The summed E-state index contributed by atoms with van der Waals surface area (Å²) in [7, 11) is 0. The van der Waals surface area contributed by atoms with Crippen molar-refractivity contribution in [2.75, 3.05) is 6.54 Å². The molecule has 3 heteroatoms. The van der Waals surface area contributed by atoms with Crippen LogP contribution in [-0.4, -0.2) is 17.4 Å². The molecule has 3 nitrogen and oxygen atoms in total. The molecule has 0 aliphatic heterocycles. The molecule has 1 aromatic heterocycles. The molecule has 1 heterocycles. The third kappa shape index (κ3) is 2.89. The standard InChI is InChI=1S/C22H20N2O/c1-15-14-24-19-11-10-16-8-5-9-17(21(16)20(15)19)12-13-23-22(25)18-6-3-2-4-7-18/h2-11,14,24H,12-13H2,1H3,(H,23,25). The molecular weight excluding hydrogens is 308 g/mol. The molecule has 0 aliphatic rings. The number of amides is 1. The van der Waals surface area contributed by atoms with Crippen molar-refractivity contribution in [3.05, 3.63) is 83.6 Å². The molecule has 2 N–H and O–H groups in total. The summed E-state index contributed by atoms with van der Waals surface area (Å²) in [5.41, 5.74) is 4.37. The van der Waals surface area contributed by atoms with Crippen LogP contribution >= 0.6 is 0 Å². The number of rotatable bonds is 4. The smallest absolute Gasteiger partial charge is 0.251 e. The summed E-state index contributed by atoms with van der Waals surface area (Å²) in [6.07, 6.45) is 2.86. The Hall–Kier alpha value is -3.07. The lowest BCUT2D eigenvalue weighted by Crippen LogP contribution is -2.25. The molecule has 4 rings (SSSR count). The Labute approximate surface area is 146 Å². The van der Waals surface area contributed by atoms with Crippen molar-refractivity contribution >= 4 is 27.6 Å². The second-order valence-corrected chi connectivity index (χ2v) is 6.35. The van der Waals surface area contributed by atoms with E-state index in [1.165, 1.54) is 27.3 Å². The molecular formula is C22H20N2O. The van der Waals surface area contributed by atoms with Crippen molar-refractivity contribution < 1.29 is 4.79 Å². The van der Waals surface area contributed by atoms with E-state index in [1.807, 2.05) is 30.3 Å². The largest absolute Gasteiger partial charge is 0.361 e. The van der Waals surface area contributed by atoms with Gasteiger partial charge in [0.1, 0.15) is 0 Å². The minimum absolute atomic E-state index is 0.0243. The van der Waals surface area contributed by atoms with Crippen LogP contribution in [0.3, 0.4) is 0 Å². The van der Waals surface area contributed by atoms with Gasteiger partial charge in [-0.1, -0.05) is 42.5 Å². The van der Waals surface area contributed by atoms with Gasteiger partial charge in [0.2, 0.25) is 0 Å². The maximum atomic E-state index is 12.2. The second-order valence-electron chi connectivity index (χ2n) is 6.35. The highest BCUT2D eigenvalue weighted by atomic mass is 16.1. The van der Waals surface area contributed by atoms with Crippen molar-refractivity contribution in [3.8, 4) is 0 Å². The number of aryl methyl sites for hydroxylation is 1. The molecule has 3 aromatic carbocycles. The van der Waals surface area contributed by atoms with Crippen LogP contribution in [0.25, 0.3) is 21.7 Å². The Morgan fingerprint density at radius 1 is 0.960 bits per heavy atom. The van der Waals surface area contributed by atoms with Gasteiger partial charge in [-0.05, 0) is 53.4 Å². The van der Waals surface area contributed by atoms with Gasteiger partial charge in [-0.2, -0.15) is 0 Å². The first-order valence-electron chi connectivity index (χ1n) is 8.55. The first-order chi connectivity index (χ1) is 12.2. The van der Waals surface area contributed by atoms with E-state index < -0.39 is 0 Å². The van der Waals surface area contributed by atoms with Crippen LogP contribution in [0.4, 0.5) is 0 Å². The van der Waals surface area contributed by atoms with Crippen molar-refractivity contribution in [1.82, 2.24) is 10.3 Å². The van der Waals surface area contributed by atoms with Gasteiger partial charge in [0, 0.05) is 29.2 Å². The van der Waals surface area contributed by atoms with Crippen LogP contribution in [0.5, 0.6) is 0 Å². The van der Waals surface area contributed by atoms with E-state index in [-0.39, 0.29) is 5.91 Å². The first-order valence-corrected chi connectivity index (χ1v) is 8.55. The zero-order valence-electron chi connectivity index (χ0n) is 14.2. The van der Waals surface area contributed by atoms with Crippen molar-refractivity contribution in [3.63, 3.8) is 0 Å². The molecule has 0 saturated heterocycles. The highest BCUT2D eigenvalue weighted by Crippen LogP contribution is 2.30. The number of H-pyrrole nitrogens is 1. The van der Waals surface area contributed by atoms with E-state index >= 15 is 0 Å². The number of nitrogens with one attached hydrogen (secondary N) is 2. The lowest BCUT2D eigenvalue weighted by Gasteiger charge is -2.10. The molecule has 0 unspecified atom stereocenters. The second kappa shape index (κ2) is 6.44. The molecule has 124 valence electrons. The highest BCUT2D eigenvalue weighted by Gasteiger charge is 2.10. The monoisotopic (exact) mass is 328 g/mol. The summed E-state index contributed by atoms with van der Waals surface area (Å²) in [5, 5.41) is 6.82. The van der Waals surface area contributed by atoms with Crippen LogP contribution < -0.4 is 5.32 Å². The van der Waals surface area contributed by atoms with E-state index in [1.54, 1.807) is 0 Å². The molecule has 0 spiro atoms. The van der Waals surface area contributed by atoms with E-state index in [0.717, 1.165) is 11.9 Å². The Balaban J connectivity index is 1.60. The van der Waals surface area contributed by atoms with Crippen LogP contribution in [0.2, 0.25) is 0 Å². The number of fused-ring (bicyclic) bond motifs is 3. The fraction of sp³-hybridized carbons (Fsp3) is 0.136. The number of benzene rings is 3.